The molecule has 2 aromatic rings. The minimum absolute atomic E-state index is 0.00268. The van der Waals surface area contributed by atoms with E-state index in [1.54, 1.807) is 26.0 Å². The molecule has 1 amide bonds. The number of nitrogens with zero attached hydrogens (tertiary/aromatic N) is 1. The molecule has 1 aliphatic rings. The van der Waals surface area contributed by atoms with Crippen molar-refractivity contribution in [1.82, 2.24) is 5.32 Å². The van der Waals surface area contributed by atoms with Crippen LogP contribution in [0, 0.1) is 16.0 Å². The van der Waals surface area contributed by atoms with E-state index in [0.29, 0.717) is 22.1 Å². The molecule has 0 spiro atoms. The number of carbonyl (C=O) groups is 2. The Hall–Kier alpha value is -3.04. The minimum Gasteiger partial charge on any atom is -0.459 e. The summed E-state index contributed by atoms with van der Waals surface area (Å²) in [5, 5.41) is 13.8. The van der Waals surface area contributed by atoms with Crippen molar-refractivity contribution in [2.75, 3.05) is 6.79 Å². The molecular formula is C20H18Cl2N2O7. The van der Waals surface area contributed by atoms with Gasteiger partial charge >= 0.3 is 5.97 Å². The number of carbonyl (C=O) groups excluding carboxylic acids is 2. The van der Waals surface area contributed by atoms with E-state index < -0.39 is 28.5 Å². The molecule has 0 aliphatic carbocycles. The van der Waals surface area contributed by atoms with E-state index in [-0.39, 0.29) is 29.9 Å². The molecule has 164 valence electrons. The Kier molecular flexibility index (Phi) is 6.87. The lowest BCUT2D eigenvalue weighted by Gasteiger charge is -2.21. The summed E-state index contributed by atoms with van der Waals surface area (Å²) in [6.07, 6.45) is 0. The van der Waals surface area contributed by atoms with Crippen LogP contribution in [0.3, 0.4) is 0 Å². The van der Waals surface area contributed by atoms with Gasteiger partial charge in [0.1, 0.15) is 17.7 Å². The molecule has 1 aliphatic heterocycles. The summed E-state index contributed by atoms with van der Waals surface area (Å²) in [5.41, 5.74) is 0.180. The summed E-state index contributed by atoms with van der Waals surface area (Å²) in [4.78, 5) is 35.5. The SMILES string of the molecule is CC(C)[C@H](NC(=O)c1ccc(Cl)c([N+](=O)[O-])c1)C(=O)OCc1cc(Cl)c2c(c1)OCO2. The zero-order valence-electron chi connectivity index (χ0n) is 16.5. The summed E-state index contributed by atoms with van der Waals surface area (Å²) in [6.45, 7) is 3.42. The van der Waals surface area contributed by atoms with Crippen LogP contribution in [0.15, 0.2) is 30.3 Å². The fraction of sp³-hybridized carbons (Fsp3) is 0.300. The maximum absolute atomic E-state index is 12.6. The predicted octanol–water partition coefficient (Wildman–Crippen LogP) is 4.13. The van der Waals surface area contributed by atoms with Crippen molar-refractivity contribution in [1.29, 1.82) is 0 Å². The number of benzene rings is 2. The predicted molar refractivity (Wildman–Crippen MR) is 112 cm³/mol. The Morgan fingerprint density at radius 2 is 1.94 bits per heavy atom. The number of amides is 1. The lowest BCUT2D eigenvalue weighted by molar-refractivity contribution is -0.384. The topological polar surface area (TPSA) is 117 Å². The number of hydrogen-bond donors (Lipinski definition) is 1. The van der Waals surface area contributed by atoms with Gasteiger partial charge in [-0.15, -0.1) is 0 Å². The number of fused-ring (bicyclic) bond motifs is 1. The molecule has 0 unspecified atom stereocenters. The maximum atomic E-state index is 12.6. The first-order valence-electron chi connectivity index (χ1n) is 9.17. The molecule has 1 N–H and O–H groups in total. The van der Waals surface area contributed by atoms with Gasteiger partial charge in [-0.1, -0.05) is 37.0 Å². The summed E-state index contributed by atoms with van der Waals surface area (Å²) in [6, 6.07) is 5.90. The Labute approximate surface area is 187 Å². The van der Waals surface area contributed by atoms with Crippen LogP contribution in [0.2, 0.25) is 10.0 Å². The Morgan fingerprint density at radius 3 is 2.61 bits per heavy atom. The normalized spacial score (nSPS) is 13.1. The average Bonchev–Trinajstić information content (AvgIpc) is 3.19. The fourth-order valence-electron chi connectivity index (χ4n) is 2.86. The second-order valence-corrected chi connectivity index (χ2v) is 7.85. The number of esters is 1. The molecule has 9 nitrogen and oxygen atoms in total. The number of hydrogen-bond acceptors (Lipinski definition) is 7. The van der Waals surface area contributed by atoms with E-state index in [1.165, 1.54) is 12.1 Å². The third-order valence-corrected chi connectivity index (χ3v) is 5.08. The molecule has 3 rings (SSSR count). The third-order valence-electron chi connectivity index (χ3n) is 4.48. The zero-order chi connectivity index (χ0) is 22.7. The van der Waals surface area contributed by atoms with Crippen molar-refractivity contribution in [3.8, 4) is 11.5 Å². The van der Waals surface area contributed by atoms with E-state index in [1.807, 2.05) is 0 Å². The standard InChI is InChI=1S/C20H18Cl2N2O7/c1-10(2)17(23-19(25)12-3-4-13(21)15(7-12)24(27)28)20(26)29-8-11-5-14(22)18-16(6-11)30-9-31-18/h3-7,10,17H,8-9H2,1-2H3,(H,23,25)/t17-/m0/s1. The van der Waals surface area contributed by atoms with Crippen LogP contribution in [0.1, 0.15) is 29.8 Å². The molecule has 31 heavy (non-hydrogen) atoms. The van der Waals surface area contributed by atoms with Crippen molar-refractivity contribution >= 4 is 40.8 Å². The van der Waals surface area contributed by atoms with Gasteiger partial charge < -0.3 is 19.5 Å². The van der Waals surface area contributed by atoms with Gasteiger partial charge in [-0.3, -0.25) is 14.9 Å². The Bertz CT molecular complexity index is 1040. The van der Waals surface area contributed by atoms with Gasteiger partial charge in [-0.05, 0) is 35.7 Å². The van der Waals surface area contributed by atoms with Gasteiger partial charge in [0.25, 0.3) is 11.6 Å². The summed E-state index contributed by atoms with van der Waals surface area (Å²) >= 11 is 11.9. The first-order valence-corrected chi connectivity index (χ1v) is 9.92. The molecular weight excluding hydrogens is 451 g/mol. The highest BCUT2D eigenvalue weighted by Crippen LogP contribution is 2.40. The van der Waals surface area contributed by atoms with Crippen molar-refractivity contribution in [2.24, 2.45) is 5.92 Å². The Morgan fingerprint density at radius 1 is 1.19 bits per heavy atom. The molecule has 0 bridgehead atoms. The van der Waals surface area contributed by atoms with Crippen LogP contribution < -0.4 is 14.8 Å². The average molecular weight is 469 g/mol. The first kappa shape index (κ1) is 22.6. The van der Waals surface area contributed by atoms with Gasteiger partial charge in [0.2, 0.25) is 6.79 Å². The lowest BCUT2D eigenvalue weighted by Crippen LogP contribution is -2.45. The van der Waals surface area contributed by atoms with Crippen molar-refractivity contribution in [3.63, 3.8) is 0 Å². The summed E-state index contributed by atoms with van der Waals surface area (Å²) in [7, 11) is 0. The van der Waals surface area contributed by atoms with Crippen molar-refractivity contribution in [2.45, 2.75) is 26.5 Å². The molecule has 0 radical (unpaired) electrons. The molecule has 1 heterocycles. The fourth-order valence-corrected chi connectivity index (χ4v) is 3.34. The highest BCUT2D eigenvalue weighted by molar-refractivity contribution is 6.33. The van der Waals surface area contributed by atoms with Crippen LogP contribution >= 0.6 is 23.2 Å². The smallest absolute Gasteiger partial charge is 0.329 e. The molecule has 11 heteroatoms. The summed E-state index contributed by atoms with van der Waals surface area (Å²) in [5.74, 6) is -0.751. The van der Waals surface area contributed by atoms with E-state index in [0.717, 1.165) is 6.07 Å². The number of nitro benzene ring substituents is 1. The second kappa shape index (κ2) is 9.40. The highest BCUT2D eigenvalue weighted by Gasteiger charge is 2.27. The third kappa shape index (κ3) is 5.18. The monoisotopic (exact) mass is 468 g/mol. The van der Waals surface area contributed by atoms with E-state index in [4.69, 9.17) is 37.4 Å². The van der Waals surface area contributed by atoms with Crippen LogP contribution in [-0.4, -0.2) is 29.6 Å². The molecule has 0 fully saturated rings. The number of ether oxygens (including phenoxy) is 3. The van der Waals surface area contributed by atoms with Crippen LogP contribution in [0.5, 0.6) is 11.5 Å². The molecule has 0 saturated heterocycles. The van der Waals surface area contributed by atoms with Crippen LogP contribution in [-0.2, 0) is 16.1 Å². The van der Waals surface area contributed by atoms with Crippen LogP contribution in [0.25, 0.3) is 0 Å². The van der Waals surface area contributed by atoms with Gasteiger partial charge in [0.15, 0.2) is 11.5 Å². The van der Waals surface area contributed by atoms with Gasteiger partial charge in [-0.25, -0.2) is 4.79 Å². The minimum atomic E-state index is -0.980. The van der Waals surface area contributed by atoms with E-state index >= 15 is 0 Å². The maximum Gasteiger partial charge on any atom is 0.329 e. The number of rotatable bonds is 7. The first-order chi connectivity index (χ1) is 14.7. The molecule has 0 saturated carbocycles. The Balaban J connectivity index is 1.68. The lowest BCUT2D eigenvalue weighted by atomic mass is 10.0. The number of nitrogens with one attached hydrogen (secondary N) is 1. The van der Waals surface area contributed by atoms with Gasteiger partial charge in [0, 0.05) is 11.6 Å². The molecule has 1 atom stereocenters. The number of nitro groups is 1. The van der Waals surface area contributed by atoms with E-state index in [9.17, 15) is 19.7 Å². The largest absolute Gasteiger partial charge is 0.459 e. The number of halogens is 2. The van der Waals surface area contributed by atoms with E-state index in [2.05, 4.69) is 5.32 Å². The second-order valence-electron chi connectivity index (χ2n) is 7.04. The highest BCUT2D eigenvalue weighted by atomic mass is 35.5. The molecule has 0 aromatic heterocycles. The van der Waals surface area contributed by atoms with Crippen LogP contribution in [0.4, 0.5) is 5.69 Å². The van der Waals surface area contributed by atoms with Crippen molar-refractivity contribution in [3.05, 3.63) is 61.6 Å². The van der Waals surface area contributed by atoms with Gasteiger partial charge in [0.05, 0.1) is 9.95 Å². The quantitative estimate of drug-likeness (QED) is 0.368. The van der Waals surface area contributed by atoms with Crippen molar-refractivity contribution < 1.29 is 28.7 Å². The molecule has 2 aromatic carbocycles. The summed E-state index contributed by atoms with van der Waals surface area (Å²) < 4.78 is 15.9. The van der Waals surface area contributed by atoms with Gasteiger partial charge in [-0.2, -0.15) is 0 Å². The zero-order valence-corrected chi connectivity index (χ0v) is 18.0.